The van der Waals surface area contributed by atoms with Crippen molar-refractivity contribution in [2.24, 2.45) is 0 Å². The third-order valence-electron chi connectivity index (χ3n) is 3.75. The number of hydrogen-bond donors (Lipinski definition) is 1. The molecule has 1 N–H and O–H groups in total. The van der Waals surface area contributed by atoms with E-state index in [1.54, 1.807) is 17.4 Å². The molecule has 1 aromatic heterocycles. The van der Waals surface area contributed by atoms with Crippen molar-refractivity contribution >= 4 is 58.0 Å². The van der Waals surface area contributed by atoms with Gasteiger partial charge in [-0.15, -0.1) is 23.1 Å². The van der Waals surface area contributed by atoms with E-state index >= 15 is 0 Å². The van der Waals surface area contributed by atoms with Gasteiger partial charge in [-0.25, -0.2) is 0 Å². The number of nitrogens with zero attached hydrogens (tertiary/aromatic N) is 1. The zero-order valence-electron chi connectivity index (χ0n) is 14.6. The smallest absolute Gasteiger partial charge is 0.293 e. The maximum Gasteiger partial charge on any atom is 0.293 e. The number of aryl methyl sites for hydroxylation is 1. The fourth-order valence-electron chi connectivity index (χ4n) is 2.35. The summed E-state index contributed by atoms with van der Waals surface area (Å²) in [7, 11) is 0. The van der Waals surface area contributed by atoms with Gasteiger partial charge < -0.3 is 5.32 Å². The van der Waals surface area contributed by atoms with E-state index in [2.05, 4.69) is 5.32 Å². The van der Waals surface area contributed by atoms with E-state index in [1.165, 1.54) is 16.7 Å². The van der Waals surface area contributed by atoms with E-state index in [0.29, 0.717) is 10.7 Å². The highest BCUT2D eigenvalue weighted by Gasteiger charge is 2.34. The van der Waals surface area contributed by atoms with Crippen LogP contribution in [0.25, 0.3) is 6.08 Å². The third kappa shape index (κ3) is 5.47. The molecule has 1 fully saturated rings. The number of nitrogens with one attached hydrogen (secondary N) is 1. The maximum atomic E-state index is 12.4. The average Bonchev–Trinajstić information content (AvgIpc) is 3.26. The lowest BCUT2D eigenvalue weighted by Gasteiger charge is -2.12. The Morgan fingerprint density at radius 3 is 2.70 bits per heavy atom. The summed E-state index contributed by atoms with van der Waals surface area (Å²) in [6.07, 6.45) is 1.72. The minimum atomic E-state index is -0.312. The number of thioether (sulfide) groups is 2. The molecule has 0 spiro atoms. The van der Waals surface area contributed by atoms with Crippen LogP contribution in [0.15, 0.2) is 50.9 Å². The van der Waals surface area contributed by atoms with Gasteiger partial charge in [-0.1, -0.05) is 35.9 Å². The first-order valence-corrected chi connectivity index (χ1v) is 11.0. The molecular weight excluding hydrogens is 400 g/mol. The molecule has 2 heterocycles. The summed E-state index contributed by atoms with van der Waals surface area (Å²) in [5, 5.41) is 4.41. The molecule has 0 atom stereocenters. The highest BCUT2D eigenvalue weighted by atomic mass is 32.2. The molecule has 3 rings (SSSR count). The van der Waals surface area contributed by atoms with Crippen molar-refractivity contribution in [2.75, 3.05) is 18.8 Å². The number of rotatable bonds is 7. The Hall–Kier alpha value is -2.03. The highest BCUT2D eigenvalue weighted by Crippen LogP contribution is 2.31. The SMILES string of the molecule is Cc1ccc(/C=C2\SC(=O)N(CCNC(=O)CSc3cccs3)C2=O)cc1. The second-order valence-corrected chi connectivity index (χ2v) is 9.03. The summed E-state index contributed by atoms with van der Waals surface area (Å²) in [5.74, 6) is -0.112. The minimum Gasteiger partial charge on any atom is -0.354 e. The van der Waals surface area contributed by atoms with E-state index in [9.17, 15) is 14.4 Å². The van der Waals surface area contributed by atoms with Crippen LogP contribution in [0, 0.1) is 6.92 Å². The molecule has 1 aromatic carbocycles. The van der Waals surface area contributed by atoms with Gasteiger partial charge in [0.1, 0.15) is 0 Å². The van der Waals surface area contributed by atoms with E-state index in [0.717, 1.165) is 27.1 Å². The van der Waals surface area contributed by atoms with Gasteiger partial charge in [-0.2, -0.15) is 0 Å². The topological polar surface area (TPSA) is 66.5 Å². The first kappa shape index (κ1) is 19.7. The quantitative estimate of drug-likeness (QED) is 0.544. The zero-order valence-corrected chi connectivity index (χ0v) is 17.1. The van der Waals surface area contributed by atoms with Crippen LogP contribution in [-0.4, -0.2) is 40.8 Å². The molecule has 8 heteroatoms. The number of carbonyl (C=O) groups is 3. The standard InChI is InChI=1S/C19H18N2O3S3/c1-13-4-6-14(7-5-13)11-15-18(23)21(19(24)27-15)9-8-20-16(22)12-26-17-3-2-10-25-17/h2-7,10-11H,8-9,12H2,1H3,(H,20,22)/b15-11-. The van der Waals surface area contributed by atoms with Gasteiger partial charge in [0.25, 0.3) is 11.1 Å². The molecular formula is C19H18N2O3S3. The molecule has 27 heavy (non-hydrogen) atoms. The summed E-state index contributed by atoms with van der Waals surface area (Å²) in [6, 6.07) is 11.6. The molecule has 0 bridgehead atoms. The van der Waals surface area contributed by atoms with E-state index in [1.807, 2.05) is 48.7 Å². The Kier molecular flexibility index (Phi) is 6.76. The summed E-state index contributed by atoms with van der Waals surface area (Å²) < 4.78 is 1.08. The van der Waals surface area contributed by atoms with Crippen molar-refractivity contribution in [2.45, 2.75) is 11.1 Å². The molecule has 1 saturated heterocycles. The van der Waals surface area contributed by atoms with Gasteiger partial charge in [0, 0.05) is 13.1 Å². The van der Waals surface area contributed by atoms with Gasteiger partial charge in [-0.05, 0) is 41.8 Å². The van der Waals surface area contributed by atoms with E-state index < -0.39 is 0 Å². The molecule has 0 saturated carbocycles. The van der Waals surface area contributed by atoms with E-state index in [-0.39, 0.29) is 30.1 Å². The Morgan fingerprint density at radius 1 is 1.22 bits per heavy atom. The van der Waals surface area contributed by atoms with Crippen LogP contribution in [0.5, 0.6) is 0 Å². The summed E-state index contributed by atoms with van der Waals surface area (Å²) in [4.78, 5) is 38.0. The lowest BCUT2D eigenvalue weighted by atomic mass is 10.1. The highest BCUT2D eigenvalue weighted by molar-refractivity contribution is 8.18. The number of hydrogen-bond acceptors (Lipinski definition) is 6. The maximum absolute atomic E-state index is 12.4. The van der Waals surface area contributed by atoms with Gasteiger partial charge in [0.2, 0.25) is 5.91 Å². The lowest BCUT2D eigenvalue weighted by molar-refractivity contribution is -0.123. The summed E-state index contributed by atoms with van der Waals surface area (Å²) in [6.45, 7) is 2.41. The van der Waals surface area contributed by atoms with Crippen LogP contribution in [0.3, 0.4) is 0 Å². The van der Waals surface area contributed by atoms with Gasteiger partial charge in [-0.3, -0.25) is 19.3 Å². The Labute approximate surface area is 170 Å². The largest absolute Gasteiger partial charge is 0.354 e. The predicted octanol–water partition coefficient (Wildman–Crippen LogP) is 4.00. The molecule has 2 aromatic rings. The van der Waals surface area contributed by atoms with Crippen LogP contribution >= 0.6 is 34.9 Å². The predicted molar refractivity (Wildman–Crippen MR) is 112 cm³/mol. The molecule has 140 valence electrons. The molecule has 1 aliphatic heterocycles. The molecule has 0 aliphatic carbocycles. The molecule has 0 unspecified atom stereocenters. The van der Waals surface area contributed by atoms with Crippen molar-refractivity contribution in [3.8, 4) is 0 Å². The third-order valence-corrected chi connectivity index (χ3v) is 6.79. The first-order chi connectivity index (χ1) is 13.0. The zero-order chi connectivity index (χ0) is 19.2. The molecule has 5 nitrogen and oxygen atoms in total. The monoisotopic (exact) mass is 418 g/mol. The average molecular weight is 419 g/mol. The van der Waals surface area contributed by atoms with Gasteiger partial charge in [0.15, 0.2) is 0 Å². The second kappa shape index (κ2) is 9.25. The number of carbonyl (C=O) groups excluding carboxylic acids is 3. The number of amides is 3. The van der Waals surface area contributed by atoms with Crippen LogP contribution in [0.1, 0.15) is 11.1 Å². The molecule has 3 amide bonds. The number of imide groups is 1. The van der Waals surface area contributed by atoms with Crippen molar-refractivity contribution < 1.29 is 14.4 Å². The van der Waals surface area contributed by atoms with Crippen molar-refractivity contribution in [1.82, 2.24) is 10.2 Å². The second-order valence-electron chi connectivity index (χ2n) is 5.81. The Bertz CT molecular complexity index is 861. The first-order valence-electron chi connectivity index (χ1n) is 8.28. The van der Waals surface area contributed by atoms with Crippen molar-refractivity contribution in [3.63, 3.8) is 0 Å². The van der Waals surface area contributed by atoms with Crippen LogP contribution in [-0.2, 0) is 9.59 Å². The lowest BCUT2D eigenvalue weighted by Crippen LogP contribution is -2.37. The molecule has 0 radical (unpaired) electrons. The minimum absolute atomic E-state index is 0.115. The normalized spacial score (nSPS) is 15.6. The fourth-order valence-corrected chi connectivity index (χ4v) is 4.83. The summed E-state index contributed by atoms with van der Waals surface area (Å²) in [5.41, 5.74) is 2.01. The molecule has 1 aliphatic rings. The van der Waals surface area contributed by atoms with Crippen LogP contribution < -0.4 is 5.32 Å². The Balaban J connectivity index is 1.48. The van der Waals surface area contributed by atoms with E-state index in [4.69, 9.17) is 0 Å². The number of thiophene rings is 1. The van der Waals surface area contributed by atoms with Gasteiger partial charge in [0.05, 0.1) is 14.9 Å². The Morgan fingerprint density at radius 2 is 2.00 bits per heavy atom. The van der Waals surface area contributed by atoms with Crippen LogP contribution in [0.2, 0.25) is 0 Å². The van der Waals surface area contributed by atoms with Crippen molar-refractivity contribution in [3.05, 3.63) is 57.8 Å². The van der Waals surface area contributed by atoms with Crippen molar-refractivity contribution in [1.29, 1.82) is 0 Å². The number of benzene rings is 1. The van der Waals surface area contributed by atoms with Crippen LogP contribution in [0.4, 0.5) is 4.79 Å². The summed E-state index contributed by atoms with van der Waals surface area (Å²) >= 11 is 3.99. The van der Waals surface area contributed by atoms with Gasteiger partial charge >= 0.3 is 0 Å². The fraction of sp³-hybridized carbons (Fsp3) is 0.211.